The third kappa shape index (κ3) is 5.69. The van der Waals surface area contributed by atoms with Gasteiger partial charge in [0.05, 0.1) is 16.9 Å². The fourth-order valence-electron chi connectivity index (χ4n) is 6.29. The summed E-state index contributed by atoms with van der Waals surface area (Å²) < 4.78 is 6.57. The summed E-state index contributed by atoms with van der Waals surface area (Å²) in [5.41, 5.74) is 3.17. The number of aromatic nitrogens is 3. The van der Waals surface area contributed by atoms with E-state index in [9.17, 15) is 14.7 Å². The Morgan fingerprint density at radius 2 is 1.93 bits per heavy atom. The standard InChI is InChI=1S/C33H36N6O4/c1-4-22-13-16-39(31(22)40)28-9-5-7-25-24(28)11-10-21(3)29(25)43-30-26(8-6-14-34-30)27-12-15-35-32(37-27)36-23-17-20(2)18-38(19-23)33(41)42/h5-12,14-15,20,22-23H,4,13,16-19H2,1-3H3,(H,41,42)(H,35,36,37)/t20-,22-,23+/m1/s1. The number of ether oxygens (including phenoxy) is 1. The van der Waals surface area contributed by atoms with Gasteiger partial charge in [-0.2, -0.15) is 0 Å². The van der Waals surface area contributed by atoms with Crippen molar-refractivity contribution in [3.63, 3.8) is 0 Å². The molecule has 0 saturated carbocycles. The summed E-state index contributed by atoms with van der Waals surface area (Å²) in [5, 5.41) is 14.7. The topological polar surface area (TPSA) is 121 Å². The molecule has 2 N–H and O–H groups in total. The molecule has 2 aliphatic heterocycles. The molecule has 0 spiro atoms. The first-order valence-corrected chi connectivity index (χ1v) is 14.9. The molecule has 2 aromatic carbocycles. The lowest BCUT2D eigenvalue weighted by atomic mass is 9.96. The largest absolute Gasteiger partial charge is 0.465 e. The van der Waals surface area contributed by atoms with Crippen molar-refractivity contribution in [1.82, 2.24) is 19.9 Å². The molecule has 4 aromatic rings. The Morgan fingerprint density at radius 3 is 2.72 bits per heavy atom. The maximum absolute atomic E-state index is 13.1. The molecule has 0 radical (unpaired) electrons. The van der Waals surface area contributed by atoms with Crippen molar-refractivity contribution in [2.24, 2.45) is 11.8 Å². The number of piperidine rings is 1. The van der Waals surface area contributed by atoms with Gasteiger partial charge in [0.15, 0.2) is 0 Å². The summed E-state index contributed by atoms with van der Waals surface area (Å²) in [6.07, 6.45) is 4.97. The van der Waals surface area contributed by atoms with Crippen LogP contribution in [0, 0.1) is 18.8 Å². The number of aryl methyl sites for hydroxylation is 1. The quantitative estimate of drug-likeness (QED) is 0.259. The van der Waals surface area contributed by atoms with E-state index >= 15 is 0 Å². The van der Waals surface area contributed by atoms with E-state index in [-0.39, 0.29) is 23.8 Å². The Labute approximate surface area is 250 Å². The predicted molar refractivity (Wildman–Crippen MR) is 166 cm³/mol. The molecule has 0 unspecified atom stereocenters. The summed E-state index contributed by atoms with van der Waals surface area (Å²) in [6.45, 7) is 7.71. The Balaban J connectivity index is 1.31. The van der Waals surface area contributed by atoms with Gasteiger partial charge in [-0.3, -0.25) is 4.79 Å². The van der Waals surface area contributed by atoms with Crippen molar-refractivity contribution < 1.29 is 19.4 Å². The fourth-order valence-corrected chi connectivity index (χ4v) is 6.29. The smallest absolute Gasteiger partial charge is 0.407 e. The Morgan fingerprint density at radius 1 is 1.07 bits per heavy atom. The lowest BCUT2D eigenvalue weighted by Crippen LogP contribution is -2.47. The fraction of sp³-hybridized carbons (Fsp3) is 0.364. The number of carbonyl (C=O) groups excluding carboxylic acids is 1. The highest BCUT2D eigenvalue weighted by atomic mass is 16.5. The van der Waals surface area contributed by atoms with E-state index < -0.39 is 6.09 Å². The summed E-state index contributed by atoms with van der Waals surface area (Å²) >= 11 is 0. The minimum absolute atomic E-state index is 0.0670. The first kappa shape index (κ1) is 28.4. The maximum Gasteiger partial charge on any atom is 0.407 e. The molecule has 3 atom stereocenters. The minimum atomic E-state index is -0.918. The number of fused-ring (bicyclic) bond motifs is 1. The van der Waals surface area contributed by atoms with Crippen molar-refractivity contribution in [3.8, 4) is 22.9 Å². The van der Waals surface area contributed by atoms with E-state index in [2.05, 4.69) is 28.3 Å². The first-order valence-electron chi connectivity index (χ1n) is 14.9. The number of carboxylic acid groups (broad SMARTS) is 1. The second-order valence-corrected chi connectivity index (χ2v) is 11.6. The highest BCUT2D eigenvalue weighted by Gasteiger charge is 2.32. The normalized spacial score (nSPS) is 20.4. The highest BCUT2D eigenvalue weighted by molar-refractivity contribution is 6.07. The number of benzene rings is 2. The van der Waals surface area contributed by atoms with E-state index in [1.54, 1.807) is 18.5 Å². The van der Waals surface area contributed by atoms with E-state index in [4.69, 9.17) is 9.72 Å². The van der Waals surface area contributed by atoms with Gasteiger partial charge in [-0.05, 0) is 61.9 Å². The molecule has 0 aliphatic carbocycles. The first-order chi connectivity index (χ1) is 20.8. The van der Waals surface area contributed by atoms with Crippen LogP contribution in [-0.2, 0) is 4.79 Å². The SMILES string of the molecule is CC[C@@H]1CCN(c2cccc3c(Oc4ncccc4-c4ccnc(N[C@H]5C[C@@H](C)CN(C(=O)O)C5)n4)c(C)ccc23)C1=O. The molecule has 2 amide bonds. The molecular weight excluding hydrogens is 544 g/mol. The van der Waals surface area contributed by atoms with Crippen LogP contribution in [0.25, 0.3) is 22.0 Å². The molecule has 2 fully saturated rings. The average Bonchev–Trinajstić information content (AvgIpc) is 3.38. The number of anilines is 2. The lowest BCUT2D eigenvalue weighted by molar-refractivity contribution is -0.120. The van der Waals surface area contributed by atoms with Crippen LogP contribution in [0.4, 0.5) is 16.4 Å². The molecule has 0 bridgehead atoms. The second kappa shape index (κ2) is 11.9. The summed E-state index contributed by atoms with van der Waals surface area (Å²) in [7, 11) is 0. The van der Waals surface area contributed by atoms with Crippen molar-refractivity contribution >= 4 is 34.4 Å². The van der Waals surface area contributed by atoms with Crippen LogP contribution in [0.5, 0.6) is 11.6 Å². The van der Waals surface area contributed by atoms with Crippen LogP contribution in [0.2, 0.25) is 0 Å². The number of amides is 2. The number of rotatable bonds is 7. The second-order valence-electron chi connectivity index (χ2n) is 11.6. The van der Waals surface area contributed by atoms with Crippen LogP contribution in [0.1, 0.15) is 38.7 Å². The number of nitrogens with zero attached hydrogens (tertiary/aromatic N) is 5. The molecule has 2 aromatic heterocycles. The number of hydrogen-bond donors (Lipinski definition) is 2. The Kier molecular flexibility index (Phi) is 7.84. The van der Waals surface area contributed by atoms with Gasteiger partial charge in [0.1, 0.15) is 5.75 Å². The van der Waals surface area contributed by atoms with Gasteiger partial charge in [0.2, 0.25) is 17.7 Å². The third-order valence-electron chi connectivity index (χ3n) is 8.45. The summed E-state index contributed by atoms with van der Waals surface area (Å²) in [5.74, 6) is 1.97. The number of likely N-dealkylation sites (tertiary alicyclic amines) is 1. The lowest BCUT2D eigenvalue weighted by Gasteiger charge is -2.35. The van der Waals surface area contributed by atoms with E-state index in [1.165, 1.54) is 4.90 Å². The van der Waals surface area contributed by atoms with Gasteiger partial charge in [-0.25, -0.2) is 19.7 Å². The van der Waals surface area contributed by atoms with Gasteiger partial charge < -0.3 is 25.0 Å². The third-order valence-corrected chi connectivity index (χ3v) is 8.45. The van der Waals surface area contributed by atoms with Crippen molar-refractivity contribution in [3.05, 3.63) is 66.5 Å². The van der Waals surface area contributed by atoms with Crippen LogP contribution in [-0.4, -0.2) is 62.6 Å². The van der Waals surface area contributed by atoms with E-state index in [0.29, 0.717) is 48.5 Å². The molecule has 2 saturated heterocycles. The van der Waals surface area contributed by atoms with Gasteiger partial charge in [-0.1, -0.05) is 38.1 Å². The van der Waals surface area contributed by atoms with Crippen LogP contribution in [0.15, 0.2) is 60.9 Å². The van der Waals surface area contributed by atoms with Crippen LogP contribution >= 0.6 is 0 Å². The maximum atomic E-state index is 13.1. The van der Waals surface area contributed by atoms with Crippen molar-refractivity contribution in [1.29, 1.82) is 0 Å². The van der Waals surface area contributed by atoms with Gasteiger partial charge >= 0.3 is 6.09 Å². The minimum Gasteiger partial charge on any atom is -0.465 e. The van der Waals surface area contributed by atoms with Crippen LogP contribution in [0.3, 0.4) is 0 Å². The van der Waals surface area contributed by atoms with E-state index in [1.807, 2.05) is 55.1 Å². The van der Waals surface area contributed by atoms with Gasteiger partial charge in [0, 0.05) is 54.8 Å². The van der Waals surface area contributed by atoms with Crippen molar-refractivity contribution in [2.75, 3.05) is 29.9 Å². The van der Waals surface area contributed by atoms with Gasteiger partial charge in [-0.15, -0.1) is 0 Å². The molecule has 222 valence electrons. The Bertz CT molecular complexity index is 1680. The number of nitrogens with one attached hydrogen (secondary N) is 1. The highest BCUT2D eigenvalue weighted by Crippen LogP contribution is 2.40. The van der Waals surface area contributed by atoms with Gasteiger partial charge in [0.25, 0.3) is 0 Å². The zero-order valence-electron chi connectivity index (χ0n) is 24.7. The summed E-state index contributed by atoms with van der Waals surface area (Å²) in [4.78, 5) is 41.7. The monoisotopic (exact) mass is 580 g/mol. The molecular formula is C33H36N6O4. The number of carbonyl (C=O) groups is 2. The molecule has 6 rings (SSSR count). The zero-order valence-corrected chi connectivity index (χ0v) is 24.7. The van der Waals surface area contributed by atoms with Crippen molar-refractivity contribution in [2.45, 2.75) is 46.1 Å². The van der Waals surface area contributed by atoms with E-state index in [0.717, 1.165) is 41.3 Å². The van der Waals surface area contributed by atoms with Crippen LogP contribution < -0.4 is 15.0 Å². The number of hydrogen-bond acceptors (Lipinski definition) is 7. The molecule has 10 nitrogen and oxygen atoms in total. The molecule has 10 heteroatoms. The predicted octanol–water partition coefficient (Wildman–Crippen LogP) is 6.36. The average molecular weight is 581 g/mol. The molecule has 2 aliphatic rings. The summed E-state index contributed by atoms with van der Waals surface area (Å²) in [6, 6.07) is 15.5. The zero-order chi connectivity index (χ0) is 30.1. The number of pyridine rings is 1. The molecule has 4 heterocycles. The Hall–Kier alpha value is -4.73. The molecule has 43 heavy (non-hydrogen) atoms.